The van der Waals surface area contributed by atoms with Crippen molar-refractivity contribution in [2.24, 2.45) is 5.92 Å². The number of likely N-dealkylation sites (tertiary alicyclic amines) is 1. The van der Waals surface area contributed by atoms with Gasteiger partial charge in [-0.2, -0.15) is 0 Å². The molecule has 3 unspecified atom stereocenters. The minimum Gasteiger partial charge on any atom is -0.312 e. The summed E-state index contributed by atoms with van der Waals surface area (Å²) in [7, 11) is 2.26. The van der Waals surface area contributed by atoms with Gasteiger partial charge in [0.15, 0.2) is 0 Å². The summed E-state index contributed by atoms with van der Waals surface area (Å²) < 4.78 is 0. The topological polar surface area (TPSA) is 15.3 Å². The first-order chi connectivity index (χ1) is 7.15. The van der Waals surface area contributed by atoms with Crippen molar-refractivity contribution in [1.82, 2.24) is 10.2 Å². The quantitative estimate of drug-likeness (QED) is 0.753. The van der Waals surface area contributed by atoms with Crippen molar-refractivity contribution in [2.45, 2.75) is 58.5 Å². The Morgan fingerprint density at radius 3 is 2.67 bits per heavy atom. The van der Waals surface area contributed by atoms with Crippen LogP contribution in [-0.4, -0.2) is 37.1 Å². The maximum atomic E-state index is 3.69. The molecule has 1 aliphatic rings. The number of nitrogens with one attached hydrogen (secondary N) is 1. The minimum atomic E-state index is 0.658. The average Bonchev–Trinajstić information content (AvgIpc) is 2.26. The van der Waals surface area contributed by atoms with Crippen molar-refractivity contribution < 1.29 is 0 Å². The lowest BCUT2D eigenvalue weighted by Crippen LogP contribution is -2.46. The Labute approximate surface area is 95.4 Å². The molecule has 0 spiro atoms. The highest BCUT2D eigenvalue weighted by atomic mass is 15.2. The summed E-state index contributed by atoms with van der Waals surface area (Å²) in [6.07, 6.45) is 5.44. The normalized spacial score (nSPS) is 27.6. The predicted molar refractivity (Wildman–Crippen MR) is 67.2 cm³/mol. The van der Waals surface area contributed by atoms with E-state index in [2.05, 4.69) is 38.0 Å². The highest BCUT2D eigenvalue weighted by molar-refractivity contribution is 4.78. The molecule has 0 aromatic carbocycles. The van der Waals surface area contributed by atoms with E-state index in [-0.39, 0.29) is 0 Å². The number of likely N-dealkylation sites (N-methyl/N-ethyl adjacent to an activating group) is 1. The first-order valence-corrected chi connectivity index (χ1v) is 6.58. The number of hydrogen-bond donors (Lipinski definition) is 1. The molecule has 2 nitrogen and oxygen atoms in total. The van der Waals surface area contributed by atoms with Crippen LogP contribution in [0.4, 0.5) is 0 Å². The molecule has 1 aliphatic heterocycles. The van der Waals surface area contributed by atoms with Gasteiger partial charge in [-0.15, -0.1) is 0 Å². The van der Waals surface area contributed by atoms with E-state index in [1.54, 1.807) is 0 Å². The smallest absolute Gasteiger partial charge is 0.0217 e. The van der Waals surface area contributed by atoms with Crippen LogP contribution in [0.2, 0.25) is 0 Å². The third-order valence-corrected chi connectivity index (χ3v) is 4.09. The molecule has 0 aromatic heterocycles. The zero-order valence-electron chi connectivity index (χ0n) is 10.9. The van der Waals surface area contributed by atoms with Crippen molar-refractivity contribution in [1.29, 1.82) is 0 Å². The van der Waals surface area contributed by atoms with Crippen molar-refractivity contribution >= 4 is 0 Å². The highest BCUT2D eigenvalue weighted by Gasteiger charge is 2.19. The van der Waals surface area contributed by atoms with Gasteiger partial charge in [0, 0.05) is 18.6 Å². The largest absolute Gasteiger partial charge is 0.312 e. The van der Waals surface area contributed by atoms with Crippen LogP contribution in [0.1, 0.15) is 46.5 Å². The van der Waals surface area contributed by atoms with E-state index in [1.807, 2.05) is 0 Å². The lowest BCUT2D eigenvalue weighted by atomic mass is 9.99. The lowest BCUT2D eigenvalue weighted by molar-refractivity contribution is 0.174. The van der Waals surface area contributed by atoms with Gasteiger partial charge in [-0.1, -0.05) is 26.7 Å². The SMILES string of the molecule is CCC(C)C(C)NCC1CCCCN1C. The molecule has 0 saturated carbocycles. The monoisotopic (exact) mass is 212 g/mol. The van der Waals surface area contributed by atoms with Crippen molar-refractivity contribution in [3.05, 3.63) is 0 Å². The second-order valence-corrected chi connectivity index (χ2v) is 5.21. The number of piperidine rings is 1. The third-order valence-electron chi connectivity index (χ3n) is 4.09. The molecule has 15 heavy (non-hydrogen) atoms. The summed E-state index contributed by atoms with van der Waals surface area (Å²) in [5.41, 5.74) is 0. The fourth-order valence-corrected chi connectivity index (χ4v) is 2.28. The van der Waals surface area contributed by atoms with E-state index in [4.69, 9.17) is 0 Å². The molecule has 1 heterocycles. The van der Waals surface area contributed by atoms with Crippen LogP contribution in [-0.2, 0) is 0 Å². The van der Waals surface area contributed by atoms with Crippen molar-refractivity contribution in [3.63, 3.8) is 0 Å². The number of rotatable bonds is 5. The molecule has 0 bridgehead atoms. The zero-order valence-corrected chi connectivity index (χ0v) is 10.9. The van der Waals surface area contributed by atoms with Crippen LogP contribution in [0, 0.1) is 5.92 Å². The molecule has 0 radical (unpaired) electrons. The second kappa shape index (κ2) is 6.49. The number of hydrogen-bond acceptors (Lipinski definition) is 2. The maximum Gasteiger partial charge on any atom is 0.0217 e. The highest BCUT2D eigenvalue weighted by Crippen LogP contribution is 2.15. The molecule has 0 aliphatic carbocycles. The van der Waals surface area contributed by atoms with Crippen LogP contribution in [0.25, 0.3) is 0 Å². The summed E-state index contributed by atoms with van der Waals surface area (Å²) >= 11 is 0. The summed E-state index contributed by atoms with van der Waals surface area (Å²) in [6.45, 7) is 9.38. The van der Waals surface area contributed by atoms with E-state index in [9.17, 15) is 0 Å². The van der Waals surface area contributed by atoms with Gasteiger partial charge in [0.1, 0.15) is 0 Å². The molecule has 0 amide bonds. The molecule has 3 atom stereocenters. The molecule has 1 saturated heterocycles. The molecule has 0 aromatic rings. The first kappa shape index (κ1) is 13.0. The predicted octanol–water partition coefficient (Wildman–Crippen LogP) is 2.49. The standard InChI is InChI=1S/C13H28N2/c1-5-11(2)12(3)14-10-13-8-6-7-9-15(13)4/h11-14H,5-10H2,1-4H3. The second-order valence-electron chi connectivity index (χ2n) is 5.21. The molecule has 2 heteroatoms. The summed E-state index contributed by atoms with van der Waals surface area (Å²) in [6, 6.07) is 1.43. The fourth-order valence-electron chi connectivity index (χ4n) is 2.28. The van der Waals surface area contributed by atoms with Crippen molar-refractivity contribution in [2.75, 3.05) is 20.1 Å². The molecule has 1 fully saturated rings. The van der Waals surface area contributed by atoms with Gasteiger partial charge in [0.05, 0.1) is 0 Å². The van der Waals surface area contributed by atoms with Gasteiger partial charge in [0.2, 0.25) is 0 Å². The van der Waals surface area contributed by atoms with Gasteiger partial charge >= 0.3 is 0 Å². The van der Waals surface area contributed by atoms with Crippen LogP contribution in [0.3, 0.4) is 0 Å². The van der Waals surface area contributed by atoms with E-state index in [0.29, 0.717) is 6.04 Å². The van der Waals surface area contributed by atoms with Gasteiger partial charge < -0.3 is 10.2 Å². The Morgan fingerprint density at radius 2 is 2.07 bits per heavy atom. The van der Waals surface area contributed by atoms with E-state index >= 15 is 0 Å². The zero-order chi connectivity index (χ0) is 11.3. The van der Waals surface area contributed by atoms with Gasteiger partial charge in [-0.3, -0.25) is 0 Å². The number of nitrogens with zero attached hydrogens (tertiary/aromatic N) is 1. The average molecular weight is 212 g/mol. The lowest BCUT2D eigenvalue weighted by Gasteiger charge is -2.34. The molecule has 1 rings (SSSR count). The fraction of sp³-hybridized carbons (Fsp3) is 1.00. The maximum absolute atomic E-state index is 3.69. The van der Waals surface area contributed by atoms with Gasteiger partial charge in [-0.25, -0.2) is 0 Å². The van der Waals surface area contributed by atoms with Gasteiger partial charge in [0.25, 0.3) is 0 Å². The Hall–Kier alpha value is -0.0800. The molecule has 90 valence electrons. The Bertz CT molecular complexity index is 170. The Kier molecular flexibility index (Phi) is 5.62. The van der Waals surface area contributed by atoms with Crippen LogP contribution in [0.5, 0.6) is 0 Å². The Balaban J connectivity index is 2.23. The van der Waals surface area contributed by atoms with Crippen LogP contribution in [0.15, 0.2) is 0 Å². The van der Waals surface area contributed by atoms with E-state index in [1.165, 1.54) is 38.8 Å². The van der Waals surface area contributed by atoms with E-state index in [0.717, 1.165) is 12.0 Å². The van der Waals surface area contributed by atoms with Crippen LogP contribution >= 0.6 is 0 Å². The summed E-state index contributed by atoms with van der Waals surface area (Å²) in [5.74, 6) is 0.791. The first-order valence-electron chi connectivity index (χ1n) is 6.58. The summed E-state index contributed by atoms with van der Waals surface area (Å²) in [5, 5.41) is 3.69. The summed E-state index contributed by atoms with van der Waals surface area (Å²) in [4.78, 5) is 2.51. The third kappa shape index (κ3) is 4.12. The van der Waals surface area contributed by atoms with Crippen molar-refractivity contribution in [3.8, 4) is 0 Å². The van der Waals surface area contributed by atoms with Gasteiger partial charge in [-0.05, 0) is 39.3 Å². The minimum absolute atomic E-state index is 0.658. The molecule has 1 N–H and O–H groups in total. The molecular weight excluding hydrogens is 184 g/mol. The Morgan fingerprint density at radius 1 is 1.33 bits per heavy atom. The van der Waals surface area contributed by atoms with E-state index < -0.39 is 0 Å². The van der Waals surface area contributed by atoms with Crippen LogP contribution < -0.4 is 5.32 Å². The molecular formula is C13H28N2.